The maximum Gasteiger partial charge on any atom is 0.271 e. The van der Waals surface area contributed by atoms with Gasteiger partial charge in [-0.1, -0.05) is 0 Å². The zero-order chi connectivity index (χ0) is 8.55. The van der Waals surface area contributed by atoms with Crippen molar-refractivity contribution in [2.45, 2.75) is 0 Å². The van der Waals surface area contributed by atoms with Crippen LogP contribution in [0.4, 0.5) is 5.69 Å². The summed E-state index contributed by atoms with van der Waals surface area (Å²) in [6.07, 6.45) is 0. The maximum atomic E-state index is 10.3. The van der Waals surface area contributed by atoms with E-state index in [2.05, 4.69) is 14.9 Å². The van der Waals surface area contributed by atoms with Crippen LogP contribution in [0.3, 0.4) is 0 Å². The highest BCUT2D eigenvalue weighted by Gasteiger charge is 2.08. The van der Waals surface area contributed by atoms with Crippen molar-refractivity contribution in [3.63, 3.8) is 0 Å². The zero-order valence-corrected chi connectivity index (χ0v) is 5.80. The molecule has 0 saturated heterocycles. The average Bonchev–Trinajstić information content (AvgIpc) is 2.49. The molecule has 6 heteroatoms. The summed E-state index contributed by atoms with van der Waals surface area (Å²) in [5.74, 6) is 0. The number of hydrogen-bond acceptors (Lipinski definition) is 5. The van der Waals surface area contributed by atoms with Gasteiger partial charge in [-0.3, -0.25) is 10.1 Å². The number of benzene rings is 1. The molecule has 60 valence electrons. The van der Waals surface area contributed by atoms with Crippen molar-refractivity contribution in [1.82, 2.24) is 10.3 Å². The number of aromatic nitrogens is 2. The van der Waals surface area contributed by atoms with Crippen LogP contribution in [0.25, 0.3) is 11.0 Å². The van der Waals surface area contributed by atoms with Gasteiger partial charge in [-0.15, -0.1) is 0 Å². The van der Waals surface area contributed by atoms with Crippen molar-refractivity contribution >= 4 is 16.7 Å². The Labute approximate surface area is 65.9 Å². The second kappa shape index (κ2) is 2.26. The molecular formula is C6H3N3O3. The topological polar surface area (TPSA) is 82.1 Å². The van der Waals surface area contributed by atoms with Gasteiger partial charge >= 0.3 is 0 Å². The van der Waals surface area contributed by atoms with Crippen LogP contribution in [0, 0.1) is 10.1 Å². The van der Waals surface area contributed by atoms with E-state index in [0.717, 1.165) is 0 Å². The van der Waals surface area contributed by atoms with Gasteiger partial charge in [0.25, 0.3) is 5.69 Å². The van der Waals surface area contributed by atoms with Crippen molar-refractivity contribution in [2.75, 3.05) is 0 Å². The van der Waals surface area contributed by atoms with Gasteiger partial charge in [0.05, 0.1) is 4.92 Å². The fourth-order valence-electron chi connectivity index (χ4n) is 0.884. The Morgan fingerprint density at radius 3 is 2.83 bits per heavy atom. The molecule has 1 aromatic heterocycles. The van der Waals surface area contributed by atoms with E-state index in [0.29, 0.717) is 11.0 Å². The first-order valence-corrected chi connectivity index (χ1v) is 3.14. The normalized spacial score (nSPS) is 10.3. The van der Waals surface area contributed by atoms with Crippen LogP contribution in [-0.2, 0) is 0 Å². The van der Waals surface area contributed by atoms with Gasteiger partial charge in [-0.2, -0.15) is 0 Å². The smallest absolute Gasteiger partial charge is 0.258 e. The molecule has 0 unspecified atom stereocenters. The Kier molecular flexibility index (Phi) is 1.26. The Bertz CT molecular complexity index is 436. The third kappa shape index (κ3) is 0.895. The molecule has 0 bridgehead atoms. The van der Waals surface area contributed by atoms with Crippen molar-refractivity contribution < 1.29 is 9.55 Å². The molecule has 1 heterocycles. The summed E-state index contributed by atoms with van der Waals surface area (Å²) in [4.78, 5) is 9.80. The van der Waals surface area contributed by atoms with E-state index in [-0.39, 0.29) is 5.69 Å². The van der Waals surface area contributed by atoms with Crippen LogP contribution in [0.15, 0.2) is 22.8 Å². The van der Waals surface area contributed by atoms with E-state index in [4.69, 9.17) is 0 Å². The quantitative estimate of drug-likeness (QED) is 0.467. The number of nitro benzene ring substituents is 1. The summed E-state index contributed by atoms with van der Waals surface area (Å²) >= 11 is 0. The van der Waals surface area contributed by atoms with E-state index in [1.807, 2.05) is 0 Å². The molecule has 0 spiro atoms. The molecular weight excluding hydrogens is 162 g/mol. The highest BCUT2D eigenvalue weighted by Crippen LogP contribution is 2.16. The van der Waals surface area contributed by atoms with Gasteiger partial charge < -0.3 is 0 Å². The molecule has 0 saturated carbocycles. The predicted octanol–water partition coefficient (Wildman–Crippen LogP) is 1.13. The van der Waals surface area contributed by atoms with E-state index < -0.39 is 4.92 Å². The van der Waals surface area contributed by atoms with Gasteiger partial charge in [0, 0.05) is 12.1 Å². The van der Waals surface area contributed by atoms with Crippen LogP contribution >= 0.6 is 0 Å². The van der Waals surface area contributed by atoms with Crippen molar-refractivity contribution in [2.24, 2.45) is 0 Å². The molecule has 0 aliphatic rings. The lowest BCUT2D eigenvalue weighted by Crippen LogP contribution is -1.86. The summed E-state index contributed by atoms with van der Waals surface area (Å²) in [6.45, 7) is 0. The predicted molar refractivity (Wildman–Crippen MR) is 38.5 cm³/mol. The van der Waals surface area contributed by atoms with Crippen LogP contribution in [-0.4, -0.2) is 15.2 Å². The lowest BCUT2D eigenvalue weighted by atomic mass is 10.3. The SMILES string of the molecule is O=[N+]([O-])c1ccc2nonc2c1. The van der Waals surface area contributed by atoms with Crippen molar-refractivity contribution in [3.05, 3.63) is 28.3 Å². The van der Waals surface area contributed by atoms with E-state index in [9.17, 15) is 10.1 Å². The maximum absolute atomic E-state index is 10.3. The van der Waals surface area contributed by atoms with Gasteiger partial charge in [0.15, 0.2) is 0 Å². The number of rotatable bonds is 1. The van der Waals surface area contributed by atoms with Gasteiger partial charge in [0.1, 0.15) is 11.0 Å². The lowest BCUT2D eigenvalue weighted by Gasteiger charge is -1.87. The first-order valence-electron chi connectivity index (χ1n) is 3.14. The molecule has 0 N–H and O–H groups in total. The molecule has 0 aliphatic carbocycles. The van der Waals surface area contributed by atoms with Crippen LogP contribution in [0.2, 0.25) is 0 Å². The fourth-order valence-corrected chi connectivity index (χ4v) is 0.884. The third-order valence-electron chi connectivity index (χ3n) is 1.45. The number of hydrogen-bond donors (Lipinski definition) is 0. The minimum atomic E-state index is -0.492. The highest BCUT2D eigenvalue weighted by atomic mass is 16.6. The number of fused-ring (bicyclic) bond motifs is 1. The van der Waals surface area contributed by atoms with E-state index >= 15 is 0 Å². The summed E-state index contributed by atoms with van der Waals surface area (Å²) in [6, 6.07) is 4.16. The van der Waals surface area contributed by atoms with Crippen LogP contribution < -0.4 is 0 Å². The lowest BCUT2D eigenvalue weighted by molar-refractivity contribution is -0.384. The second-order valence-corrected chi connectivity index (χ2v) is 2.19. The minimum absolute atomic E-state index is 0.0156. The molecule has 0 amide bonds. The molecule has 6 nitrogen and oxygen atoms in total. The van der Waals surface area contributed by atoms with Gasteiger partial charge in [-0.05, 0) is 16.4 Å². The number of nitrogens with zero attached hydrogens (tertiary/aromatic N) is 3. The molecule has 0 atom stereocenters. The number of non-ortho nitro benzene ring substituents is 1. The largest absolute Gasteiger partial charge is 0.271 e. The standard InChI is InChI=1S/C6H3N3O3/c10-9(11)4-1-2-5-6(3-4)8-12-7-5/h1-3H. The fraction of sp³-hybridized carbons (Fsp3) is 0. The van der Waals surface area contributed by atoms with E-state index in [1.165, 1.54) is 18.2 Å². The highest BCUT2D eigenvalue weighted by molar-refractivity contribution is 5.75. The summed E-state index contributed by atoms with van der Waals surface area (Å²) in [5.41, 5.74) is 0.892. The van der Waals surface area contributed by atoms with E-state index in [1.54, 1.807) is 0 Å². The average molecular weight is 165 g/mol. The van der Waals surface area contributed by atoms with Gasteiger partial charge in [-0.25, -0.2) is 4.63 Å². The van der Waals surface area contributed by atoms with Crippen molar-refractivity contribution in [1.29, 1.82) is 0 Å². The Balaban J connectivity index is 2.68. The molecule has 0 fully saturated rings. The van der Waals surface area contributed by atoms with Gasteiger partial charge in [0.2, 0.25) is 0 Å². The van der Waals surface area contributed by atoms with Crippen LogP contribution in [0.5, 0.6) is 0 Å². The van der Waals surface area contributed by atoms with Crippen molar-refractivity contribution in [3.8, 4) is 0 Å². The minimum Gasteiger partial charge on any atom is -0.258 e. The monoisotopic (exact) mass is 165 g/mol. The number of nitro groups is 1. The Morgan fingerprint density at radius 1 is 1.33 bits per heavy atom. The first-order chi connectivity index (χ1) is 5.77. The molecule has 1 aromatic carbocycles. The zero-order valence-electron chi connectivity index (χ0n) is 5.80. The summed E-state index contributed by atoms with van der Waals surface area (Å²) in [7, 11) is 0. The Hall–Kier alpha value is -1.98. The van der Waals surface area contributed by atoms with Crippen LogP contribution in [0.1, 0.15) is 0 Å². The summed E-state index contributed by atoms with van der Waals surface area (Å²) in [5, 5.41) is 17.3. The molecule has 0 radical (unpaired) electrons. The first kappa shape index (κ1) is 6.71. The molecule has 12 heavy (non-hydrogen) atoms. The molecule has 2 rings (SSSR count). The Morgan fingerprint density at radius 2 is 2.08 bits per heavy atom. The summed E-state index contributed by atoms with van der Waals surface area (Å²) < 4.78 is 4.38. The molecule has 2 aromatic rings. The molecule has 0 aliphatic heterocycles. The second-order valence-electron chi connectivity index (χ2n) is 2.19. The third-order valence-corrected chi connectivity index (χ3v) is 1.45.